The molecule has 2 N–H and O–H groups in total. The van der Waals surface area contributed by atoms with E-state index in [1.807, 2.05) is 12.1 Å². The van der Waals surface area contributed by atoms with Gasteiger partial charge in [0.2, 0.25) is 0 Å². The second-order valence-electron chi connectivity index (χ2n) is 5.30. The fourth-order valence-corrected chi connectivity index (χ4v) is 2.94. The van der Waals surface area contributed by atoms with Gasteiger partial charge in [-0.15, -0.1) is 0 Å². The molecule has 98 valence electrons. The lowest BCUT2D eigenvalue weighted by Gasteiger charge is -2.33. The van der Waals surface area contributed by atoms with Gasteiger partial charge in [0.1, 0.15) is 0 Å². The summed E-state index contributed by atoms with van der Waals surface area (Å²) in [6.45, 7) is 4.95. The van der Waals surface area contributed by atoms with Crippen LogP contribution in [-0.2, 0) is 11.2 Å². The summed E-state index contributed by atoms with van der Waals surface area (Å²) >= 11 is 0. The fourth-order valence-electron chi connectivity index (χ4n) is 2.94. The number of anilines is 2. The summed E-state index contributed by atoms with van der Waals surface area (Å²) in [6.07, 6.45) is 1.38. The highest BCUT2D eigenvalue weighted by Crippen LogP contribution is 2.32. The van der Waals surface area contributed by atoms with Crippen LogP contribution in [0.1, 0.15) is 5.56 Å². The van der Waals surface area contributed by atoms with Crippen LogP contribution < -0.4 is 10.6 Å². The number of hydrogen-bond donors (Lipinski definition) is 1. The summed E-state index contributed by atoms with van der Waals surface area (Å²) in [7, 11) is 2.16. The molecule has 0 aromatic heterocycles. The van der Waals surface area contributed by atoms with Crippen molar-refractivity contribution >= 4 is 11.4 Å². The van der Waals surface area contributed by atoms with E-state index < -0.39 is 0 Å². The molecule has 1 aromatic rings. The molecule has 3 rings (SSSR count). The highest BCUT2D eigenvalue weighted by molar-refractivity contribution is 5.68. The number of hydrogen-bond acceptors (Lipinski definition) is 4. The molecule has 1 unspecified atom stereocenters. The molecule has 1 aromatic carbocycles. The minimum absolute atomic E-state index is 0.316. The summed E-state index contributed by atoms with van der Waals surface area (Å²) in [5.74, 6) is 0. The number of ether oxygens (including phenoxy) is 1. The lowest BCUT2D eigenvalue weighted by molar-refractivity contribution is -0.0146. The van der Waals surface area contributed by atoms with E-state index in [0.717, 1.165) is 44.9 Å². The maximum Gasteiger partial charge on any atom is 0.0876 e. The standard InChI is InChI=1S/C14H21N3O/c1-16-7-8-18-11(9-16)10-17-6-5-12-13(15)3-2-4-14(12)17/h2-4,11H,5-10,15H2,1H3. The highest BCUT2D eigenvalue weighted by Gasteiger charge is 2.25. The molecule has 2 heterocycles. The van der Waals surface area contributed by atoms with Crippen molar-refractivity contribution < 1.29 is 4.74 Å². The van der Waals surface area contributed by atoms with Crippen molar-refractivity contribution in [1.29, 1.82) is 0 Å². The van der Waals surface area contributed by atoms with Crippen LogP contribution in [0.3, 0.4) is 0 Å². The Labute approximate surface area is 108 Å². The van der Waals surface area contributed by atoms with Crippen LogP contribution in [0.2, 0.25) is 0 Å². The molecule has 0 spiro atoms. The van der Waals surface area contributed by atoms with Crippen LogP contribution in [0.15, 0.2) is 18.2 Å². The minimum Gasteiger partial charge on any atom is -0.398 e. The number of nitrogens with two attached hydrogens (primary N) is 1. The molecule has 0 bridgehead atoms. The number of benzene rings is 1. The Morgan fingerprint density at radius 2 is 2.28 bits per heavy atom. The van der Waals surface area contributed by atoms with Crippen LogP contribution in [0.25, 0.3) is 0 Å². The molecule has 1 atom stereocenters. The average molecular weight is 247 g/mol. The molecular weight excluding hydrogens is 226 g/mol. The predicted octanol–water partition coefficient (Wildman–Crippen LogP) is 0.962. The van der Waals surface area contributed by atoms with Crippen molar-refractivity contribution in [2.24, 2.45) is 0 Å². The normalized spacial score (nSPS) is 24.3. The molecule has 2 aliphatic heterocycles. The van der Waals surface area contributed by atoms with Gasteiger partial charge in [0.25, 0.3) is 0 Å². The maximum absolute atomic E-state index is 6.02. The van der Waals surface area contributed by atoms with E-state index in [4.69, 9.17) is 10.5 Å². The van der Waals surface area contributed by atoms with Gasteiger partial charge in [0.15, 0.2) is 0 Å². The van der Waals surface area contributed by atoms with E-state index in [9.17, 15) is 0 Å². The first-order valence-electron chi connectivity index (χ1n) is 6.66. The Balaban J connectivity index is 1.71. The largest absolute Gasteiger partial charge is 0.398 e. The Bertz CT molecular complexity index is 435. The average Bonchev–Trinajstić information content (AvgIpc) is 2.74. The number of likely N-dealkylation sites (N-methyl/N-ethyl adjacent to an activating group) is 1. The van der Waals surface area contributed by atoms with Gasteiger partial charge in [-0.1, -0.05) is 6.07 Å². The fraction of sp³-hybridized carbons (Fsp3) is 0.571. The second-order valence-corrected chi connectivity index (χ2v) is 5.30. The van der Waals surface area contributed by atoms with E-state index in [1.54, 1.807) is 0 Å². The van der Waals surface area contributed by atoms with Gasteiger partial charge in [0.05, 0.1) is 12.7 Å². The van der Waals surface area contributed by atoms with Crippen molar-refractivity contribution in [1.82, 2.24) is 4.90 Å². The first kappa shape index (κ1) is 11.8. The van der Waals surface area contributed by atoms with Gasteiger partial charge < -0.3 is 20.3 Å². The molecule has 1 fully saturated rings. The zero-order chi connectivity index (χ0) is 12.5. The molecule has 4 nitrogen and oxygen atoms in total. The Morgan fingerprint density at radius 3 is 3.11 bits per heavy atom. The molecule has 4 heteroatoms. The van der Waals surface area contributed by atoms with Crippen LogP contribution in [0.4, 0.5) is 11.4 Å². The Morgan fingerprint density at radius 1 is 1.39 bits per heavy atom. The summed E-state index contributed by atoms with van der Waals surface area (Å²) in [4.78, 5) is 4.75. The molecule has 18 heavy (non-hydrogen) atoms. The van der Waals surface area contributed by atoms with Crippen molar-refractivity contribution in [3.8, 4) is 0 Å². The third-order valence-corrected chi connectivity index (χ3v) is 3.93. The van der Waals surface area contributed by atoms with Gasteiger partial charge in [-0.2, -0.15) is 0 Å². The van der Waals surface area contributed by atoms with E-state index in [-0.39, 0.29) is 0 Å². The Hall–Kier alpha value is -1.26. The van der Waals surface area contributed by atoms with Gasteiger partial charge in [-0.3, -0.25) is 0 Å². The minimum atomic E-state index is 0.316. The molecule has 0 saturated carbocycles. The summed E-state index contributed by atoms with van der Waals surface area (Å²) in [6, 6.07) is 6.21. The quantitative estimate of drug-likeness (QED) is 0.791. The van der Waals surface area contributed by atoms with Crippen LogP contribution in [0, 0.1) is 0 Å². The first-order chi connectivity index (χ1) is 8.74. The summed E-state index contributed by atoms with van der Waals surface area (Å²) in [5.41, 5.74) is 9.56. The van der Waals surface area contributed by atoms with Crippen LogP contribution in [0.5, 0.6) is 0 Å². The van der Waals surface area contributed by atoms with Gasteiger partial charge in [-0.25, -0.2) is 0 Å². The molecular formula is C14H21N3O. The maximum atomic E-state index is 6.02. The van der Waals surface area contributed by atoms with E-state index >= 15 is 0 Å². The van der Waals surface area contributed by atoms with E-state index in [1.165, 1.54) is 11.3 Å². The topological polar surface area (TPSA) is 41.7 Å². The van der Waals surface area contributed by atoms with Crippen molar-refractivity contribution in [2.75, 3.05) is 50.5 Å². The number of nitrogens with zero attached hydrogens (tertiary/aromatic N) is 2. The van der Waals surface area contributed by atoms with Gasteiger partial charge in [0, 0.05) is 43.1 Å². The third-order valence-electron chi connectivity index (χ3n) is 3.93. The van der Waals surface area contributed by atoms with Crippen molar-refractivity contribution in [2.45, 2.75) is 12.5 Å². The van der Waals surface area contributed by atoms with Crippen molar-refractivity contribution in [3.63, 3.8) is 0 Å². The third kappa shape index (κ3) is 2.18. The predicted molar refractivity (Wildman–Crippen MR) is 74.0 cm³/mol. The number of morpholine rings is 1. The highest BCUT2D eigenvalue weighted by atomic mass is 16.5. The first-order valence-corrected chi connectivity index (χ1v) is 6.66. The van der Waals surface area contributed by atoms with Gasteiger partial charge in [-0.05, 0) is 25.6 Å². The zero-order valence-electron chi connectivity index (χ0n) is 10.9. The monoisotopic (exact) mass is 247 g/mol. The van der Waals surface area contributed by atoms with Crippen molar-refractivity contribution in [3.05, 3.63) is 23.8 Å². The Kier molecular flexibility index (Phi) is 3.14. The van der Waals surface area contributed by atoms with Crippen LogP contribution in [-0.4, -0.2) is 50.8 Å². The van der Waals surface area contributed by atoms with E-state index in [2.05, 4.69) is 22.9 Å². The zero-order valence-corrected chi connectivity index (χ0v) is 10.9. The lowest BCUT2D eigenvalue weighted by Crippen LogP contribution is -2.45. The SMILES string of the molecule is CN1CCOC(CN2CCc3c(N)cccc32)C1. The number of fused-ring (bicyclic) bond motifs is 1. The lowest BCUT2D eigenvalue weighted by atomic mass is 10.1. The smallest absolute Gasteiger partial charge is 0.0876 e. The second kappa shape index (κ2) is 4.78. The van der Waals surface area contributed by atoms with Crippen LogP contribution >= 0.6 is 0 Å². The molecule has 0 radical (unpaired) electrons. The number of nitrogen functional groups attached to an aromatic ring is 1. The van der Waals surface area contributed by atoms with Gasteiger partial charge >= 0.3 is 0 Å². The molecule has 1 saturated heterocycles. The molecule has 0 aliphatic carbocycles. The summed E-state index contributed by atoms with van der Waals surface area (Å²) in [5, 5.41) is 0. The number of rotatable bonds is 2. The van der Waals surface area contributed by atoms with E-state index in [0.29, 0.717) is 6.10 Å². The molecule has 0 amide bonds. The summed E-state index contributed by atoms with van der Waals surface area (Å²) < 4.78 is 5.84. The molecule has 2 aliphatic rings.